The third kappa shape index (κ3) is 3.45. The summed E-state index contributed by atoms with van der Waals surface area (Å²) in [5.41, 5.74) is 10.3. The van der Waals surface area contributed by atoms with Crippen molar-refractivity contribution in [2.45, 2.75) is 20.0 Å². The normalized spacial score (nSPS) is 10.8. The van der Waals surface area contributed by atoms with Crippen LogP contribution in [0.2, 0.25) is 5.02 Å². The molecule has 96 valence electrons. The first-order valence-corrected chi connectivity index (χ1v) is 6.93. The van der Waals surface area contributed by atoms with Gasteiger partial charge < -0.3 is 10.5 Å². The highest BCUT2D eigenvalue weighted by molar-refractivity contribution is 7.09. The lowest BCUT2D eigenvalue weighted by atomic mass is 10.2. The molecule has 2 aromatic rings. The van der Waals surface area contributed by atoms with Gasteiger partial charge in [0.25, 0.3) is 0 Å². The lowest BCUT2D eigenvalue weighted by Crippen LogP contribution is -1.99. The molecule has 0 bridgehead atoms. The fraction of sp³-hybridized carbons (Fsp3) is 0.308. The average Bonchev–Trinajstić information content (AvgIpc) is 2.75. The molecule has 0 aliphatic carbocycles. The molecule has 2 rings (SSSR count). The van der Waals surface area contributed by atoms with Crippen LogP contribution in [0.1, 0.15) is 16.1 Å². The van der Waals surface area contributed by atoms with Gasteiger partial charge in [0.1, 0.15) is 0 Å². The summed E-state index contributed by atoms with van der Waals surface area (Å²) in [6, 6.07) is 5.57. The first-order valence-electron chi connectivity index (χ1n) is 5.67. The predicted molar refractivity (Wildman–Crippen MR) is 76.1 cm³/mol. The molecule has 5 heteroatoms. The molecule has 0 saturated carbocycles. The lowest BCUT2D eigenvalue weighted by Gasteiger charge is -2.05. The predicted octanol–water partition coefficient (Wildman–Crippen LogP) is 3.45. The van der Waals surface area contributed by atoms with E-state index in [-0.39, 0.29) is 0 Å². The van der Waals surface area contributed by atoms with Crippen LogP contribution in [-0.2, 0) is 17.8 Å². The van der Waals surface area contributed by atoms with Gasteiger partial charge in [-0.3, -0.25) is 0 Å². The maximum Gasteiger partial charge on any atom is 0.0797 e. The topological polar surface area (TPSA) is 48.1 Å². The molecule has 0 saturated heterocycles. The molecule has 1 aromatic carbocycles. The van der Waals surface area contributed by atoms with Crippen LogP contribution in [0.25, 0.3) is 0 Å². The second-order valence-corrected chi connectivity index (χ2v) is 5.37. The molecule has 3 nitrogen and oxygen atoms in total. The van der Waals surface area contributed by atoms with Crippen LogP contribution in [-0.4, -0.2) is 11.6 Å². The van der Waals surface area contributed by atoms with Crippen molar-refractivity contribution in [3.63, 3.8) is 0 Å². The minimum absolute atomic E-state index is 0.555. The third-order valence-electron chi connectivity index (χ3n) is 2.65. The van der Waals surface area contributed by atoms with Crippen molar-refractivity contribution in [1.82, 2.24) is 4.98 Å². The number of hydrogen-bond acceptors (Lipinski definition) is 4. The van der Waals surface area contributed by atoms with Gasteiger partial charge in [0.15, 0.2) is 0 Å². The number of thiazole rings is 1. The molecular weight excluding hydrogens is 268 g/mol. The first kappa shape index (κ1) is 13.3. The van der Waals surface area contributed by atoms with E-state index in [9.17, 15) is 0 Å². The van der Waals surface area contributed by atoms with Gasteiger partial charge in [0.05, 0.1) is 35.1 Å². The Morgan fingerprint density at radius 3 is 2.94 bits per heavy atom. The van der Waals surface area contributed by atoms with E-state index in [1.54, 1.807) is 17.4 Å². The number of nitrogens with zero attached hydrogens (tertiary/aromatic N) is 1. The number of anilines is 1. The van der Waals surface area contributed by atoms with Crippen molar-refractivity contribution in [2.75, 3.05) is 12.3 Å². The lowest BCUT2D eigenvalue weighted by molar-refractivity contribution is 0.124. The highest BCUT2D eigenvalue weighted by atomic mass is 35.5. The smallest absolute Gasteiger partial charge is 0.0797 e. The van der Waals surface area contributed by atoms with Crippen LogP contribution in [0, 0.1) is 6.92 Å². The molecule has 0 amide bonds. The molecule has 0 aliphatic rings. The number of hydrogen-bond donors (Lipinski definition) is 1. The van der Waals surface area contributed by atoms with Gasteiger partial charge in [-0.2, -0.15) is 0 Å². The van der Waals surface area contributed by atoms with Gasteiger partial charge in [-0.25, -0.2) is 4.98 Å². The number of benzene rings is 1. The van der Waals surface area contributed by atoms with Gasteiger partial charge in [-0.05, 0) is 24.6 Å². The Labute approximate surface area is 116 Å². The second kappa shape index (κ2) is 6.18. The number of nitrogen functional groups attached to an aromatic ring is 1. The van der Waals surface area contributed by atoms with Gasteiger partial charge in [-0.1, -0.05) is 17.7 Å². The number of ether oxygens (including phenoxy) is 1. The quantitative estimate of drug-likeness (QED) is 0.675. The monoisotopic (exact) mass is 282 g/mol. The maximum absolute atomic E-state index is 5.86. The molecule has 18 heavy (non-hydrogen) atoms. The Balaban J connectivity index is 1.78. The molecule has 1 aromatic heterocycles. The Kier molecular flexibility index (Phi) is 4.58. The van der Waals surface area contributed by atoms with Crippen molar-refractivity contribution in [3.05, 3.63) is 44.9 Å². The van der Waals surface area contributed by atoms with Crippen molar-refractivity contribution in [3.8, 4) is 0 Å². The summed E-state index contributed by atoms with van der Waals surface area (Å²) in [7, 11) is 0. The average molecular weight is 283 g/mol. The van der Waals surface area contributed by atoms with E-state index in [1.165, 1.54) is 4.88 Å². The molecular formula is C13H15ClN2OS. The van der Waals surface area contributed by atoms with Crippen molar-refractivity contribution < 1.29 is 4.74 Å². The summed E-state index contributed by atoms with van der Waals surface area (Å²) in [4.78, 5) is 5.49. The number of rotatable bonds is 5. The van der Waals surface area contributed by atoms with E-state index in [0.717, 1.165) is 17.7 Å². The Bertz CT molecular complexity index is 527. The molecule has 0 radical (unpaired) electrons. The van der Waals surface area contributed by atoms with Crippen molar-refractivity contribution in [2.24, 2.45) is 0 Å². The number of nitrogens with two attached hydrogens (primary N) is 1. The van der Waals surface area contributed by atoms with E-state index in [1.807, 2.05) is 24.6 Å². The maximum atomic E-state index is 5.86. The van der Waals surface area contributed by atoms with E-state index >= 15 is 0 Å². The van der Waals surface area contributed by atoms with Gasteiger partial charge in [0.2, 0.25) is 0 Å². The van der Waals surface area contributed by atoms with Crippen LogP contribution >= 0.6 is 22.9 Å². The Morgan fingerprint density at radius 2 is 2.28 bits per heavy atom. The summed E-state index contributed by atoms with van der Waals surface area (Å²) in [5.74, 6) is 0. The van der Waals surface area contributed by atoms with Crippen LogP contribution in [0.4, 0.5) is 5.69 Å². The largest absolute Gasteiger partial charge is 0.398 e. The molecule has 0 atom stereocenters. The van der Waals surface area contributed by atoms with Crippen LogP contribution < -0.4 is 5.73 Å². The molecule has 0 aliphatic heterocycles. The van der Waals surface area contributed by atoms with E-state index in [0.29, 0.717) is 23.9 Å². The zero-order valence-corrected chi connectivity index (χ0v) is 11.7. The van der Waals surface area contributed by atoms with Gasteiger partial charge in [0, 0.05) is 11.3 Å². The molecule has 0 fully saturated rings. The summed E-state index contributed by atoms with van der Waals surface area (Å²) in [5, 5.41) is 0.582. The summed E-state index contributed by atoms with van der Waals surface area (Å²) >= 11 is 7.53. The minimum Gasteiger partial charge on any atom is -0.398 e. The van der Waals surface area contributed by atoms with Crippen LogP contribution in [0.3, 0.4) is 0 Å². The third-order valence-corrected chi connectivity index (χ3v) is 3.99. The van der Waals surface area contributed by atoms with E-state index < -0.39 is 0 Å². The summed E-state index contributed by atoms with van der Waals surface area (Å²) in [6.45, 7) is 3.26. The standard InChI is InChI=1S/C13H15ClN2OS/c1-9-13(18-8-16-9)4-5-17-7-10-2-3-11(14)12(15)6-10/h2-3,6,8H,4-5,7,15H2,1H3. The molecule has 0 unspecified atom stereocenters. The highest BCUT2D eigenvalue weighted by Gasteiger charge is 2.02. The zero-order chi connectivity index (χ0) is 13.0. The Hall–Kier alpha value is -1.10. The Morgan fingerprint density at radius 1 is 1.44 bits per heavy atom. The molecule has 0 spiro atoms. The number of aryl methyl sites for hydroxylation is 1. The van der Waals surface area contributed by atoms with E-state index in [4.69, 9.17) is 22.1 Å². The van der Waals surface area contributed by atoms with E-state index in [2.05, 4.69) is 4.98 Å². The fourth-order valence-corrected chi connectivity index (χ4v) is 2.48. The van der Waals surface area contributed by atoms with Crippen LogP contribution in [0.15, 0.2) is 23.7 Å². The summed E-state index contributed by atoms with van der Waals surface area (Å²) in [6.07, 6.45) is 0.902. The fourth-order valence-electron chi connectivity index (χ4n) is 1.60. The first-order chi connectivity index (χ1) is 8.66. The SMILES string of the molecule is Cc1ncsc1CCOCc1ccc(Cl)c(N)c1. The van der Waals surface area contributed by atoms with Crippen molar-refractivity contribution >= 4 is 28.6 Å². The van der Waals surface area contributed by atoms with Gasteiger partial charge in [-0.15, -0.1) is 11.3 Å². The van der Waals surface area contributed by atoms with Crippen molar-refractivity contribution in [1.29, 1.82) is 0 Å². The minimum atomic E-state index is 0.555. The zero-order valence-electron chi connectivity index (χ0n) is 10.1. The highest BCUT2D eigenvalue weighted by Crippen LogP contribution is 2.20. The van der Waals surface area contributed by atoms with Gasteiger partial charge >= 0.3 is 0 Å². The van der Waals surface area contributed by atoms with Crippen LogP contribution in [0.5, 0.6) is 0 Å². The number of aromatic nitrogens is 1. The number of halogens is 1. The molecule has 1 heterocycles. The second-order valence-electron chi connectivity index (χ2n) is 4.02. The molecule has 2 N–H and O–H groups in total. The summed E-state index contributed by atoms with van der Waals surface area (Å²) < 4.78 is 5.62.